The van der Waals surface area contributed by atoms with Crippen LogP contribution in [0.1, 0.15) is 0 Å². The number of nitrogens with zero attached hydrogens (tertiary/aromatic N) is 1. The van der Waals surface area contributed by atoms with Gasteiger partial charge in [0.15, 0.2) is 0 Å². The molecule has 8 aromatic carbocycles. The van der Waals surface area contributed by atoms with Crippen LogP contribution in [0.3, 0.4) is 0 Å². The molecule has 0 saturated heterocycles. The molecule has 0 bridgehead atoms. The molecule has 0 amide bonds. The van der Waals surface area contributed by atoms with Gasteiger partial charge in [0, 0.05) is 21.5 Å². The van der Waals surface area contributed by atoms with Crippen LogP contribution in [-0.4, -0.2) is 4.57 Å². The van der Waals surface area contributed by atoms with Crippen molar-refractivity contribution < 1.29 is 0 Å². The lowest BCUT2D eigenvalue weighted by Gasteiger charge is -2.21. The number of benzene rings is 8. The fourth-order valence-corrected chi connectivity index (χ4v) is 7.21. The second-order valence-electron chi connectivity index (χ2n) is 11.6. The molecule has 0 unspecified atom stereocenters. The number of pyridine rings is 1. The number of hydrogen-bond donors (Lipinski definition) is 0. The second-order valence-corrected chi connectivity index (χ2v) is 11.6. The minimum Gasteiger partial charge on any atom is -0.275 e. The van der Waals surface area contributed by atoms with Crippen LogP contribution in [0.5, 0.6) is 0 Å². The summed E-state index contributed by atoms with van der Waals surface area (Å²) >= 11 is 0. The third-order valence-corrected chi connectivity index (χ3v) is 9.18. The van der Waals surface area contributed by atoms with Crippen molar-refractivity contribution in [1.82, 2.24) is 4.57 Å². The van der Waals surface area contributed by atoms with Crippen molar-refractivity contribution in [3.05, 3.63) is 174 Å². The number of rotatable bonds is 3. The van der Waals surface area contributed by atoms with E-state index in [1.807, 2.05) is 22.8 Å². The third kappa shape index (κ3) is 3.86. The molecule has 210 valence electrons. The third-order valence-electron chi connectivity index (χ3n) is 9.18. The van der Waals surface area contributed by atoms with Crippen LogP contribution in [0.2, 0.25) is 0 Å². The molecule has 9 rings (SSSR count). The van der Waals surface area contributed by atoms with Gasteiger partial charge >= 0.3 is 0 Å². The highest BCUT2D eigenvalue weighted by molar-refractivity contribution is 6.19. The summed E-state index contributed by atoms with van der Waals surface area (Å²) in [6, 6.07) is 57.1. The summed E-state index contributed by atoms with van der Waals surface area (Å²) in [6.07, 6.45) is 0. The monoisotopic (exact) mass is 573 g/mol. The van der Waals surface area contributed by atoms with Crippen molar-refractivity contribution in [3.8, 4) is 27.9 Å². The molecule has 2 nitrogen and oxygen atoms in total. The van der Waals surface area contributed by atoms with Crippen molar-refractivity contribution in [2.75, 3.05) is 0 Å². The average Bonchev–Trinajstić information content (AvgIpc) is 3.11. The molecule has 0 aliphatic carbocycles. The van der Waals surface area contributed by atoms with E-state index in [9.17, 15) is 4.79 Å². The number of fused-ring (bicyclic) bond motifs is 6. The van der Waals surface area contributed by atoms with Crippen LogP contribution < -0.4 is 5.56 Å². The Bertz CT molecular complexity index is 2600. The van der Waals surface area contributed by atoms with Crippen LogP contribution in [0.4, 0.5) is 0 Å². The Morgan fingerprint density at radius 2 is 0.933 bits per heavy atom. The van der Waals surface area contributed by atoms with E-state index in [-0.39, 0.29) is 5.56 Å². The molecule has 0 fully saturated rings. The molecule has 2 heteroatoms. The summed E-state index contributed by atoms with van der Waals surface area (Å²) in [5.41, 5.74) is 6.45. The first-order valence-corrected chi connectivity index (χ1v) is 15.3. The molecular weight excluding hydrogens is 546 g/mol. The van der Waals surface area contributed by atoms with Gasteiger partial charge in [-0.05, 0) is 67.4 Å². The van der Waals surface area contributed by atoms with Crippen LogP contribution in [-0.2, 0) is 0 Å². The van der Waals surface area contributed by atoms with Crippen molar-refractivity contribution in [2.45, 2.75) is 0 Å². The molecular formula is C43H27NO. The highest BCUT2D eigenvalue weighted by atomic mass is 16.1. The fraction of sp³-hybridized carbons (Fsp3) is 0. The molecule has 0 N–H and O–H groups in total. The first-order chi connectivity index (χ1) is 22.3. The van der Waals surface area contributed by atoms with Crippen LogP contribution in [0, 0.1) is 0 Å². The highest BCUT2D eigenvalue weighted by Crippen LogP contribution is 2.42. The summed E-state index contributed by atoms with van der Waals surface area (Å²) in [5.74, 6) is 0. The first kappa shape index (κ1) is 25.5. The van der Waals surface area contributed by atoms with E-state index in [4.69, 9.17) is 0 Å². The minimum absolute atomic E-state index is 0.0150. The van der Waals surface area contributed by atoms with Gasteiger partial charge in [-0.1, -0.05) is 146 Å². The molecule has 0 radical (unpaired) electrons. The van der Waals surface area contributed by atoms with E-state index in [2.05, 4.69) is 146 Å². The highest BCUT2D eigenvalue weighted by Gasteiger charge is 2.20. The minimum atomic E-state index is -0.0150. The lowest BCUT2D eigenvalue weighted by molar-refractivity contribution is 1.08. The fourth-order valence-electron chi connectivity index (χ4n) is 7.21. The maximum Gasteiger partial charge on any atom is 0.263 e. The normalized spacial score (nSPS) is 11.6. The van der Waals surface area contributed by atoms with E-state index in [0.717, 1.165) is 54.6 Å². The molecule has 0 aliphatic heterocycles. The first-order valence-electron chi connectivity index (χ1n) is 15.3. The van der Waals surface area contributed by atoms with Gasteiger partial charge in [0.1, 0.15) is 0 Å². The lowest BCUT2D eigenvalue weighted by Crippen LogP contribution is -2.20. The van der Waals surface area contributed by atoms with E-state index < -0.39 is 0 Å². The van der Waals surface area contributed by atoms with Crippen LogP contribution >= 0.6 is 0 Å². The zero-order valence-corrected chi connectivity index (χ0v) is 24.4. The molecule has 9 aromatic rings. The summed E-state index contributed by atoms with van der Waals surface area (Å²) < 4.78 is 1.96. The summed E-state index contributed by atoms with van der Waals surface area (Å²) in [6.45, 7) is 0. The molecule has 45 heavy (non-hydrogen) atoms. The van der Waals surface area contributed by atoms with Gasteiger partial charge in [-0.2, -0.15) is 0 Å². The van der Waals surface area contributed by atoms with E-state index in [1.165, 1.54) is 21.9 Å². The molecule has 0 aliphatic rings. The maximum absolute atomic E-state index is 14.7. The van der Waals surface area contributed by atoms with Gasteiger partial charge in [0.2, 0.25) is 0 Å². The van der Waals surface area contributed by atoms with Crippen molar-refractivity contribution in [2.24, 2.45) is 0 Å². The Balaban J connectivity index is 1.44. The second kappa shape index (κ2) is 10.0. The zero-order valence-electron chi connectivity index (χ0n) is 24.4. The Morgan fingerprint density at radius 1 is 0.378 bits per heavy atom. The average molecular weight is 574 g/mol. The molecule has 0 saturated carbocycles. The lowest BCUT2D eigenvalue weighted by atomic mass is 9.90. The molecule has 0 spiro atoms. The Hall–Kier alpha value is -5.99. The SMILES string of the molecule is O=c1c2ccccc2c2cc(-c3cccc4ccccc34)ccc2n1-c1c2ccccc2c(-c2ccccc2)c2ccccc12. The summed E-state index contributed by atoms with van der Waals surface area (Å²) in [4.78, 5) is 14.7. The Labute approximate surface area is 260 Å². The smallest absolute Gasteiger partial charge is 0.263 e. The quantitative estimate of drug-likeness (QED) is 0.152. The summed E-state index contributed by atoms with van der Waals surface area (Å²) in [5, 5.41) is 9.49. The van der Waals surface area contributed by atoms with Crippen molar-refractivity contribution in [3.63, 3.8) is 0 Å². The predicted molar refractivity (Wildman–Crippen MR) is 190 cm³/mol. The predicted octanol–water partition coefficient (Wildman–Crippen LogP) is 10.9. The maximum atomic E-state index is 14.7. The van der Waals surface area contributed by atoms with E-state index >= 15 is 0 Å². The van der Waals surface area contributed by atoms with Crippen molar-refractivity contribution >= 4 is 54.0 Å². The molecule has 0 atom stereocenters. The molecule has 1 heterocycles. The van der Waals surface area contributed by atoms with Crippen molar-refractivity contribution in [1.29, 1.82) is 0 Å². The number of aromatic nitrogens is 1. The van der Waals surface area contributed by atoms with Gasteiger partial charge in [0.05, 0.1) is 11.2 Å². The van der Waals surface area contributed by atoms with Gasteiger partial charge < -0.3 is 0 Å². The Kier molecular flexibility index (Phi) is 5.69. The zero-order chi connectivity index (χ0) is 29.9. The number of hydrogen-bond acceptors (Lipinski definition) is 1. The summed E-state index contributed by atoms with van der Waals surface area (Å²) in [7, 11) is 0. The largest absolute Gasteiger partial charge is 0.275 e. The topological polar surface area (TPSA) is 22.0 Å². The van der Waals surface area contributed by atoms with E-state index in [1.54, 1.807) is 0 Å². The van der Waals surface area contributed by atoms with Crippen LogP contribution in [0.15, 0.2) is 169 Å². The standard InChI is InChI=1S/C43H27NO/c45-43-38-23-11-6-18-33(38)39-27-30(32-24-12-16-28-13-4-5-17-31(28)32)25-26-40(39)44(43)42-36-21-9-7-19-34(36)41(29-14-2-1-3-15-29)35-20-8-10-22-37(35)42/h1-27H. The van der Waals surface area contributed by atoms with Gasteiger partial charge in [0.25, 0.3) is 5.56 Å². The molecule has 1 aromatic heterocycles. The van der Waals surface area contributed by atoms with Gasteiger partial charge in [-0.25, -0.2) is 0 Å². The van der Waals surface area contributed by atoms with E-state index in [0.29, 0.717) is 5.39 Å². The van der Waals surface area contributed by atoms with Gasteiger partial charge in [-0.15, -0.1) is 0 Å². The Morgan fingerprint density at radius 3 is 1.64 bits per heavy atom. The van der Waals surface area contributed by atoms with Crippen LogP contribution in [0.25, 0.3) is 81.9 Å². The van der Waals surface area contributed by atoms with Gasteiger partial charge in [-0.3, -0.25) is 9.36 Å².